The minimum absolute atomic E-state index is 0.0179. The van der Waals surface area contributed by atoms with Crippen molar-refractivity contribution in [2.45, 2.75) is 71.6 Å². The molecule has 2 aromatic heterocycles. The number of para-hydroxylation sites is 1. The lowest BCUT2D eigenvalue weighted by Crippen LogP contribution is -2.17. The van der Waals surface area contributed by atoms with Crippen molar-refractivity contribution >= 4 is 70.5 Å². The van der Waals surface area contributed by atoms with Gasteiger partial charge in [-0.15, -0.1) is 11.3 Å². The maximum Gasteiger partial charge on any atom is 0.137 e. The first-order valence-corrected chi connectivity index (χ1v) is 20.7. The van der Waals surface area contributed by atoms with Gasteiger partial charge in [-0.2, -0.15) is 0 Å². The molecular formula is C53H47NOS. The largest absolute Gasteiger partial charge is 0.456 e. The summed E-state index contributed by atoms with van der Waals surface area (Å²) in [7, 11) is 0. The Labute approximate surface area is 334 Å². The molecule has 0 amide bonds. The molecule has 0 bridgehead atoms. The molecule has 1 aliphatic carbocycles. The van der Waals surface area contributed by atoms with Gasteiger partial charge in [-0.05, 0) is 98.3 Å². The maximum atomic E-state index is 6.50. The van der Waals surface area contributed by atoms with Crippen molar-refractivity contribution in [3.05, 3.63) is 162 Å². The average Bonchev–Trinajstić information content (AvgIpc) is 3.82. The Morgan fingerprint density at radius 2 is 1.25 bits per heavy atom. The first-order valence-electron chi connectivity index (χ1n) is 19.9. The van der Waals surface area contributed by atoms with E-state index in [1.165, 1.54) is 70.4 Å². The number of hydrogen-bond acceptors (Lipinski definition) is 3. The highest BCUT2D eigenvalue weighted by Gasteiger charge is 2.41. The van der Waals surface area contributed by atoms with Crippen molar-refractivity contribution < 1.29 is 4.42 Å². The van der Waals surface area contributed by atoms with Gasteiger partial charge in [0, 0.05) is 42.2 Å². The second-order valence-electron chi connectivity index (χ2n) is 18.2. The fourth-order valence-corrected chi connectivity index (χ4v) is 10.7. The lowest BCUT2D eigenvalue weighted by molar-refractivity contribution is 0.573. The van der Waals surface area contributed by atoms with Crippen LogP contribution in [0.3, 0.4) is 0 Å². The summed E-state index contributed by atoms with van der Waals surface area (Å²) >= 11 is 1.97. The first-order chi connectivity index (χ1) is 26.8. The number of rotatable bonds is 4. The summed E-state index contributed by atoms with van der Waals surface area (Å²) in [6, 6.07) is 51.4. The van der Waals surface area contributed by atoms with Gasteiger partial charge in [-0.3, -0.25) is 0 Å². The number of furan rings is 1. The second kappa shape index (κ2) is 12.2. The van der Waals surface area contributed by atoms with Crippen LogP contribution >= 0.6 is 11.3 Å². The SMILES string of the molecule is CC(C)(C)c1cc(C(C)(C)C)c2sc3ccc4c(c3c2c1)C(C)(C)c1cccc(N(c2ccc(-c3ccccc3)cc2)c2cccc3oc5ccccc5c23)c1-4. The monoisotopic (exact) mass is 745 g/mol. The smallest absolute Gasteiger partial charge is 0.137 e. The Hall–Kier alpha value is -5.64. The summed E-state index contributed by atoms with van der Waals surface area (Å²) in [5, 5.41) is 5.04. The van der Waals surface area contributed by atoms with E-state index in [4.69, 9.17) is 4.42 Å². The molecule has 0 fully saturated rings. The van der Waals surface area contributed by atoms with Crippen molar-refractivity contribution in [2.24, 2.45) is 0 Å². The van der Waals surface area contributed by atoms with Crippen LogP contribution in [0.5, 0.6) is 0 Å². The zero-order valence-corrected chi connectivity index (χ0v) is 34.4. The molecule has 0 N–H and O–H groups in total. The van der Waals surface area contributed by atoms with Gasteiger partial charge in [0.1, 0.15) is 11.2 Å². The van der Waals surface area contributed by atoms with E-state index in [1.54, 1.807) is 0 Å². The number of anilines is 3. The van der Waals surface area contributed by atoms with E-state index in [-0.39, 0.29) is 16.2 Å². The van der Waals surface area contributed by atoms with Crippen LogP contribution in [0.25, 0.3) is 64.4 Å². The van der Waals surface area contributed by atoms with Gasteiger partial charge in [0.15, 0.2) is 0 Å². The lowest BCUT2D eigenvalue weighted by Gasteiger charge is -2.29. The van der Waals surface area contributed by atoms with Crippen molar-refractivity contribution in [1.82, 2.24) is 0 Å². The maximum absolute atomic E-state index is 6.50. The van der Waals surface area contributed by atoms with E-state index in [2.05, 4.69) is 200 Å². The molecule has 276 valence electrons. The summed E-state index contributed by atoms with van der Waals surface area (Å²) in [6.45, 7) is 19.0. The molecule has 9 aromatic rings. The van der Waals surface area contributed by atoms with E-state index >= 15 is 0 Å². The zero-order valence-electron chi connectivity index (χ0n) is 33.5. The van der Waals surface area contributed by atoms with Gasteiger partial charge in [0.25, 0.3) is 0 Å². The van der Waals surface area contributed by atoms with Crippen molar-refractivity contribution in [3.8, 4) is 22.3 Å². The van der Waals surface area contributed by atoms with Gasteiger partial charge in [0.2, 0.25) is 0 Å². The predicted octanol–water partition coefficient (Wildman–Crippen LogP) is 16.0. The van der Waals surface area contributed by atoms with Crippen LogP contribution in [0.1, 0.15) is 77.6 Å². The highest BCUT2D eigenvalue weighted by Crippen LogP contribution is 2.59. The Bertz CT molecular complexity index is 3000. The van der Waals surface area contributed by atoms with E-state index in [0.717, 1.165) is 33.3 Å². The third-order valence-electron chi connectivity index (χ3n) is 12.1. The van der Waals surface area contributed by atoms with Crippen LogP contribution in [-0.4, -0.2) is 0 Å². The highest BCUT2D eigenvalue weighted by atomic mass is 32.1. The van der Waals surface area contributed by atoms with Gasteiger partial charge >= 0.3 is 0 Å². The fourth-order valence-electron chi connectivity index (χ4n) is 9.27. The van der Waals surface area contributed by atoms with Gasteiger partial charge in [-0.1, -0.05) is 146 Å². The Balaban J connectivity index is 1.27. The van der Waals surface area contributed by atoms with E-state index in [9.17, 15) is 0 Å². The Morgan fingerprint density at radius 1 is 0.571 bits per heavy atom. The molecule has 7 aromatic carbocycles. The minimum atomic E-state index is -0.231. The fraction of sp³-hybridized carbons (Fsp3) is 0.208. The summed E-state index contributed by atoms with van der Waals surface area (Å²) in [5.41, 5.74) is 15.6. The van der Waals surface area contributed by atoms with Gasteiger partial charge in [-0.25, -0.2) is 0 Å². The Morgan fingerprint density at radius 3 is 2.00 bits per heavy atom. The quantitative estimate of drug-likeness (QED) is 0.178. The van der Waals surface area contributed by atoms with Crippen LogP contribution in [0.15, 0.2) is 144 Å². The predicted molar refractivity (Wildman–Crippen MR) is 242 cm³/mol. The molecule has 2 heterocycles. The van der Waals surface area contributed by atoms with Gasteiger partial charge in [0.05, 0.1) is 16.8 Å². The second-order valence-corrected chi connectivity index (χ2v) is 19.2. The Kier molecular flexibility index (Phi) is 7.57. The number of nitrogens with zero attached hydrogens (tertiary/aromatic N) is 1. The molecule has 0 saturated heterocycles. The van der Waals surface area contributed by atoms with Crippen LogP contribution in [-0.2, 0) is 16.2 Å². The van der Waals surface area contributed by atoms with Crippen molar-refractivity contribution in [1.29, 1.82) is 0 Å². The minimum Gasteiger partial charge on any atom is -0.456 e. The number of benzene rings is 7. The molecule has 3 heteroatoms. The topological polar surface area (TPSA) is 16.4 Å². The third-order valence-corrected chi connectivity index (χ3v) is 13.3. The normalized spacial score (nSPS) is 13.9. The molecule has 0 saturated carbocycles. The van der Waals surface area contributed by atoms with E-state index in [0.29, 0.717) is 0 Å². The van der Waals surface area contributed by atoms with Crippen molar-refractivity contribution in [3.63, 3.8) is 0 Å². The van der Waals surface area contributed by atoms with Crippen LogP contribution < -0.4 is 4.90 Å². The first kappa shape index (κ1) is 34.8. The molecule has 0 radical (unpaired) electrons. The zero-order chi connectivity index (χ0) is 38.7. The molecule has 0 spiro atoms. The molecule has 0 aliphatic heterocycles. The molecule has 10 rings (SSSR count). The molecule has 2 nitrogen and oxygen atoms in total. The standard InChI is InChI=1S/C53H47NOS/c1-51(2,3)34-30-38-48-45(56-50(38)40(31-34)52(4,5)6)29-28-37-46-39(53(7,8)49(37)48)19-14-20-41(46)54(35-26-24-33(25-27-35)32-16-10-9-11-17-32)42-21-15-23-44-47(42)36-18-12-13-22-43(36)55-44/h9-31H,1-8H3. The van der Waals surface area contributed by atoms with Gasteiger partial charge < -0.3 is 9.32 Å². The average molecular weight is 746 g/mol. The van der Waals surface area contributed by atoms with E-state index < -0.39 is 0 Å². The molecule has 0 atom stereocenters. The summed E-state index contributed by atoms with van der Waals surface area (Å²) in [5.74, 6) is 0. The lowest BCUT2D eigenvalue weighted by atomic mass is 9.78. The van der Waals surface area contributed by atoms with E-state index in [1.807, 2.05) is 11.3 Å². The molecule has 56 heavy (non-hydrogen) atoms. The van der Waals surface area contributed by atoms with Crippen LogP contribution in [0.4, 0.5) is 17.1 Å². The van der Waals surface area contributed by atoms with Crippen LogP contribution in [0.2, 0.25) is 0 Å². The number of hydrogen-bond donors (Lipinski definition) is 0. The van der Waals surface area contributed by atoms with Crippen molar-refractivity contribution in [2.75, 3.05) is 4.90 Å². The molecule has 1 aliphatic rings. The summed E-state index contributed by atoms with van der Waals surface area (Å²) < 4.78 is 9.27. The molecule has 0 unspecified atom stereocenters. The summed E-state index contributed by atoms with van der Waals surface area (Å²) in [4.78, 5) is 2.48. The number of fused-ring (bicyclic) bond motifs is 10. The highest BCUT2D eigenvalue weighted by molar-refractivity contribution is 7.26. The van der Waals surface area contributed by atoms with Crippen LogP contribution in [0, 0.1) is 0 Å². The third kappa shape index (κ3) is 5.20. The summed E-state index contributed by atoms with van der Waals surface area (Å²) in [6.07, 6.45) is 0. The molecular weight excluding hydrogens is 699 g/mol. The number of thiophene rings is 1.